The van der Waals surface area contributed by atoms with Crippen LogP contribution in [0.15, 0.2) is 41.1 Å². The lowest BCUT2D eigenvalue weighted by Gasteiger charge is -2.32. The van der Waals surface area contributed by atoms with Gasteiger partial charge in [0.25, 0.3) is 0 Å². The molecular formula is C24H31N3O5S. The number of hydrogen-bond donors (Lipinski definition) is 4. The lowest BCUT2D eigenvalue weighted by Crippen LogP contribution is -2.61. The van der Waals surface area contributed by atoms with Crippen molar-refractivity contribution >= 4 is 30.4 Å². The second kappa shape index (κ2) is 10.9. The molecule has 0 radical (unpaired) electrons. The molecule has 3 rings (SSSR count). The highest BCUT2D eigenvalue weighted by Gasteiger charge is 2.44. The zero-order valence-electron chi connectivity index (χ0n) is 18.9. The van der Waals surface area contributed by atoms with Gasteiger partial charge in [-0.15, -0.1) is 0 Å². The lowest BCUT2D eigenvalue weighted by molar-refractivity contribution is -0.143. The molecule has 178 valence electrons. The summed E-state index contributed by atoms with van der Waals surface area (Å²) in [5.74, 6) is -1.24. The molecule has 2 aromatic rings. The minimum atomic E-state index is -1.15. The smallest absolute Gasteiger partial charge is 0.326 e. The molecule has 1 aliphatic rings. The second-order valence-corrected chi connectivity index (χ2v) is 9.26. The maximum Gasteiger partial charge on any atom is 0.326 e. The quantitative estimate of drug-likeness (QED) is 0.393. The summed E-state index contributed by atoms with van der Waals surface area (Å²) in [5, 5.41) is 14.8. The fraction of sp³-hybridized carbons (Fsp3) is 0.500. The van der Waals surface area contributed by atoms with Crippen LogP contribution in [0.25, 0.3) is 11.5 Å². The zero-order valence-corrected chi connectivity index (χ0v) is 19.8. The first kappa shape index (κ1) is 24.8. The van der Waals surface area contributed by atoms with Gasteiger partial charge in [0.1, 0.15) is 17.3 Å². The molecule has 0 bridgehead atoms. The Hall–Kier alpha value is -2.81. The first-order valence-electron chi connectivity index (χ1n) is 11.3. The van der Waals surface area contributed by atoms with E-state index in [4.69, 9.17) is 4.42 Å². The summed E-state index contributed by atoms with van der Waals surface area (Å²) in [6, 6.07) is 5.91. The van der Waals surface area contributed by atoms with E-state index in [1.54, 1.807) is 36.7 Å². The molecule has 1 aliphatic carbocycles. The van der Waals surface area contributed by atoms with Gasteiger partial charge in [-0.2, -0.15) is 12.6 Å². The molecule has 1 fully saturated rings. The maximum atomic E-state index is 13.2. The Morgan fingerprint density at radius 2 is 1.97 bits per heavy atom. The number of carboxylic acid groups (broad SMARTS) is 1. The Labute approximate surface area is 199 Å². The number of carboxylic acids is 1. The number of rotatable bonds is 10. The van der Waals surface area contributed by atoms with E-state index in [-0.39, 0.29) is 18.2 Å². The van der Waals surface area contributed by atoms with Gasteiger partial charge >= 0.3 is 5.97 Å². The molecule has 3 atom stereocenters. The van der Waals surface area contributed by atoms with Gasteiger partial charge < -0.3 is 20.2 Å². The predicted molar refractivity (Wildman–Crippen MR) is 127 cm³/mol. The number of carbonyl (C=O) groups is 3. The monoisotopic (exact) mass is 473 g/mol. The van der Waals surface area contributed by atoms with E-state index in [0.29, 0.717) is 29.9 Å². The van der Waals surface area contributed by atoms with Crippen molar-refractivity contribution in [2.24, 2.45) is 5.92 Å². The van der Waals surface area contributed by atoms with Crippen molar-refractivity contribution in [3.05, 3.63) is 42.3 Å². The summed E-state index contributed by atoms with van der Waals surface area (Å²) < 4.78 is 5.32. The van der Waals surface area contributed by atoms with E-state index in [9.17, 15) is 19.5 Å². The van der Waals surface area contributed by atoms with E-state index in [1.807, 2.05) is 13.8 Å². The molecule has 0 spiro atoms. The number of aromatic nitrogens is 1. The number of pyridine rings is 1. The molecule has 3 unspecified atom stereocenters. The number of amides is 2. The molecule has 2 amide bonds. The van der Waals surface area contributed by atoms with Crippen molar-refractivity contribution in [1.29, 1.82) is 0 Å². The van der Waals surface area contributed by atoms with Crippen LogP contribution in [0.2, 0.25) is 0 Å². The minimum absolute atomic E-state index is 0.0539. The van der Waals surface area contributed by atoms with Crippen molar-refractivity contribution in [2.75, 3.05) is 0 Å². The highest BCUT2D eigenvalue weighted by Crippen LogP contribution is 2.31. The van der Waals surface area contributed by atoms with Crippen LogP contribution in [-0.4, -0.2) is 44.7 Å². The van der Waals surface area contributed by atoms with Gasteiger partial charge in [0.15, 0.2) is 5.76 Å². The minimum Gasteiger partial charge on any atom is -0.480 e. The van der Waals surface area contributed by atoms with Crippen LogP contribution in [0, 0.1) is 5.92 Å². The molecule has 3 N–H and O–H groups in total. The lowest BCUT2D eigenvalue weighted by atomic mass is 9.93. The van der Waals surface area contributed by atoms with Crippen molar-refractivity contribution in [3.63, 3.8) is 0 Å². The van der Waals surface area contributed by atoms with E-state index >= 15 is 0 Å². The normalized spacial score (nSPS) is 17.7. The van der Waals surface area contributed by atoms with Gasteiger partial charge in [-0.3, -0.25) is 14.6 Å². The van der Waals surface area contributed by atoms with Crippen molar-refractivity contribution in [1.82, 2.24) is 15.6 Å². The van der Waals surface area contributed by atoms with Gasteiger partial charge in [0.2, 0.25) is 11.8 Å². The number of carbonyl (C=O) groups excluding carboxylic acids is 2. The first-order chi connectivity index (χ1) is 15.8. The van der Waals surface area contributed by atoms with Crippen LogP contribution in [0.1, 0.15) is 51.5 Å². The largest absolute Gasteiger partial charge is 0.480 e. The highest BCUT2D eigenvalue weighted by molar-refractivity contribution is 7.81. The maximum absolute atomic E-state index is 13.2. The summed E-state index contributed by atoms with van der Waals surface area (Å²) in [6.07, 6.45) is 6.48. The molecular weight excluding hydrogens is 442 g/mol. The van der Waals surface area contributed by atoms with Crippen LogP contribution in [-0.2, 0) is 20.8 Å². The summed E-state index contributed by atoms with van der Waals surface area (Å²) in [7, 11) is 0. The van der Waals surface area contributed by atoms with Gasteiger partial charge in [-0.25, -0.2) is 4.79 Å². The third-order valence-electron chi connectivity index (χ3n) is 6.35. The molecule has 9 heteroatoms. The van der Waals surface area contributed by atoms with E-state index < -0.39 is 28.7 Å². The van der Waals surface area contributed by atoms with Crippen LogP contribution < -0.4 is 10.6 Å². The number of hydrogen-bond acceptors (Lipinski definition) is 6. The van der Waals surface area contributed by atoms with Gasteiger partial charge in [-0.05, 0) is 42.5 Å². The number of aliphatic carboxylic acids is 1. The van der Waals surface area contributed by atoms with E-state index in [2.05, 4.69) is 28.2 Å². The van der Waals surface area contributed by atoms with Crippen molar-refractivity contribution in [3.8, 4) is 11.5 Å². The topological polar surface area (TPSA) is 122 Å². The molecule has 0 aliphatic heterocycles. The van der Waals surface area contributed by atoms with Crippen LogP contribution in [0.4, 0.5) is 0 Å². The van der Waals surface area contributed by atoms with E-state index in [1.165, 1.54) is 0 Å². The Balaban J connectivity index is 1.70. The Morgan fingerprint density at radius 3 is 2.52 bits per heavy atom. The average Bonchev–Trinajstić information content (AvgIpc) is 3.51. The summed E-state index contributed by atoms with van der Waals surface area (Å²) in [6.45, 7) is 3.91. The highest BCUT2D eigenvalue weighted by atomic mass is 32.1. The van der Waals surface area contributed by atoms with Gasteiger partial charge in [0, 0.05) is 12.6 Å². The fourth-order valence-electron chi connectivity index (χ4n) is 4.03. The average molecular weight is 474 g/mol. The SMILES string of the molecule is CCC(C)C(S)C(=O)NC1(C(=O)NC(Cc2ccc(-c3ccco3)nc2)C(=O)O)CCCC1. The van der Waals surface area contributed by atoms with E-state index in [0.717, 1.165) is 19.3 Å². The fourth-order valence-corrected chi connectivity index (χ4v) is 4.30. The summed E-state index contributed by atoms with van der Waals surface area (Å²) in [5.41, 5.74) is 0.185. The van der Waals surface area contributed by atoms with Crippen LogP contribution in [0.3, 0.4) is 0 Å². The summed E-state index contributed by atoms with van der Waals surface area (Å²) in [4.78, 5) is 42.2. The molecule has 33 heavy (non-hydrogen) atoms. The van der Waals surface area contributed by atoms with Crippen molar-refractivity contribution in [2.45, 2.75) is 69.2 Å². The number of nitrogens with one attached hydrogen (secondary N) is 2. The Kier molecular flexibility index (Phi) is 8.18. The Morgan fingerprint density at radius 1 is 1.24 bits per heavy atom. The first-order valence-corrected chi connectivity index (χ1v) is 11.8. The van der Waals surface area contributed by atoms with Gasteiger partial charge in [0.05, 0.1) is 11.5 Å². The third kappa shape index (κ3) is 5.96. The standard InChI is InChI=1S/C24H31N3O5S/c1-3-15(2)20(33)21(28)27-24(10-4-5-11-24)23(31)26-18(22(29)30)13-16-8-9-17(25-14-16)19-7-6-12-32-19/h6-9,12,14-15,18,20,33H,3-5,10-11,13H2,1-2H3,(H,26,31)(H,27,28)(H,29,30). The molecule has 0 saturated heterocycles. The number of nitrogens with zero attached hydrogens (tertiary/aromatic N) is 1. The second-order valence-electron chi connectivity index (χ2n) is 8.71. The summed E-state index contributed by atoms with van der Waals surface area (Å²) >= 11 is 4.43. The van der Waals surface area contributed by atoms with Crippen LogP contribution >= 0.6 is 12.6 Å². The molecule has 2 heterocycles. The van der Waals surface area contributed by atoms with Crippen molar-refractivity contribution < 1.29 is 23.9 Å². The number of furan rings is 1. The molecule has 0 aromatic carbocycles. The molecule has 1 saturated carbocycles. The number of thiol groups is 1. The Bertz CT molecular complexity index is 955. The van der Waals surface area contributed by atoms with Crippen LogP contribution in [0.5, 0.6) is 0 Å². The third-order valence-corrected chi connectivity index (χ3v) is 7.09. The molecule has 2 aromatic heterocycles. The molecule has 8 nitrogen and oxygen atoms in total. The van der Waals surface area contributed by atoms with Gasteiger partial charge in [-0.1, -0.05) is 39.2 Å². The predicted octanol–water partition coefficient (Wildman–Crippen LogP) is 3.23. The zero-order chi connectivity index (χ0) is 24.0.